The number of hydrogen-bond acceptors (Lipinski definition) is 5. The molecule has 12 heavy (non-hydrogen) atoms. The average molecular weight is 174 g/mol. The van der Waals surface area contributed by atoms with Crippen molar-refractivity contribution in [3.05, 3.63) is 0 Å². The second-order valence-electron chi connectivity index (χ2n) is 2.59. The molecule has 4 N–H and O–H groups in total. The van der Waals surface area contributed by atoms with Gasteiger partial charge in [-0.05, 0) is 0 Å². The van der Waals surface area contributed by atoms with E-state index in [4.69, 9.17) is 20.6 Å². The van der Waals surface area contributed by atoms with Crippen LogP contribution in [-0.4, -0.2) is 47.2 Å². The summed E-state index contributed by atoms with van der Waals surface area (Å²) < 4.78 is 0. The molecule has 0 aromatic rings. The molecule has 0 aliphatic carbocycles. The first-order chi connectivity index (χ1) is 5.74. The first-order valence-electron chi connectivity index (χ1n) is 3.69. The Balaban J connectivity index is 3.86. The van der Waals surface area contributed by atoms with Crippen LogP contribution in [0.25, 0.3) is 0 Å². The lowest BCUT2D eigenvalue weighted by Gasteiger charge is -2.28. The van der Waals surface area contributed by atoms with E-state index in [1.165, 1.54) is 0 Å². The topological polar surface area (TPSA) is 96.5 Å². The molecule has 0 saturated carbocycles. The number of rotatable bonds is 6. The van der Waals surface area contributed by atoms with Gasteiger partial charge in [0.2, 0.25) is 0 Å². The predicted molar refractivity (Wildman–Crippen MR) is 42.2 cm³/mol. The van der Waals surface area contributed by atoms with Gasteiger partial charge in [-0.25, -0.2) is 0 Å². The largest absolute Gasteiger partial charge is 0.394 e. The van der Waals surface area contributed by atoms with E-state index in [-0.39, 0.29) is 26.2 Å². The number of nitriles is 1. The third-order valence-corrected chi connectivity index (χ3v) is 1.64. The SMILES string of the molecule is N#CCCNC(CO)(CO)CO. The summed E-state index contributed by atoms with van der Waals surface area (Å²) >= 11 is 0. The van der Waals surface area contributed by atoms with Crippen LogP contribution in [0, 0.1) is 11.3 Å². The zero-order chi connectivity index (χ0) is 9.45. The van der Waals surface area contributed by atoms with Crippen LogP contribution in [0.3, 0.4) is 0 Å². The van der Waals surface area contributed by atoms with E-state index in [2.05, 4.69) is 5.32 Å². The van der Waals surface area contributed by atoms with E-state index < -0.39 is 5.54 Å². The van der Waals surface area contributed by atoms with Crippen molar-refractivity contribution >= 4 is 0 Å². The summed E-state index contributed by atoms with van der Waals surface area (Å²) in [6.45, 7) is -0.722. The van der Waals surface area contributed by atoms with E-state index in [1.54, 1.807) is 0 Å². The zero-order valence-corrected chi connectivity index (χ0v) is 6.82. The van der Waals surface area contributed by atoms with Crippen molar-refractivity contribution in [3.8, 4) is 6.07 Å². The van der Waals surface area contributed by atoms with E-state index in [0.29, 0.717) is 6.54 Å². The standard InChI is InChI=1S/C7H14N2O3/c8-2-1-3-9-7(4-10,5-11)6-12/h9-12H,1,3-6H2. The summed E-state index contributed by atoms with van der Waals surface area (Å²) in [5.74, 6) is 0. The van der Waals surface area contributed by atoms with Gasteiger partial charge in [0, 0.05) is 13.0 Å². The van der Waals surface area contributed by atoms with Crippen molar-refractivity contribution in [2.24, 2.45) is 0 Å². The quantitative estimate of drug-likeness (QED) is 0.356. The smallest absolute Gasteiger partial charge is 0.0881 e. The average Bonchev–Trinajstić information content (AvgIpc) is 2.14. The number of nitrogens with zero attached hydrogens (tertiary/aromatic N) is 1. The normalized spacial score (nSPS) is 11.2. The van der Waals surface area contributed by atoms with E-state index in [1.807, 2.05) is 6.07 Å². The van der Waals surface area contributed by atoms with Crippen molar-refractivity contribution < 1.29 is 15.3 Å². The maximum Gasteiger partial charge on any atom is 0.0881 e. The summed E-state index contributed by atoms with van der Waals surface area (Å²) in [5.41, 5.74) is -1.06. The van der Waals surface area contributed by atoms with Gasteiger partial charge in [0.05, 0.1) is 31.4 Å². The zero-order valence-electron chi connectivity index (χ0n) is 6.82. The fourth-order valence-corrected chi connectivity index (χ4v) is 0.701. The van der Waals surface area contributed by atoms with Crippen LogP contribution in [0.5, 0.6) is 0 Å². The number of aliphatic hydroxyl groups excluding tert-OH is 3. The van der Waals surface area contributed by atoms with Crippen LogP contribution in [0.4, 0.5) is 0 Å². The Labute approximate surface area is 71.3 Å². The number of hydrogen-bond donors (Lipinski definition) is 4. The molecule has 0 radical (unpaired) electrons. The van der Waals surface area contributed by atoms with Crippen molar-refractivity contribution in [1.82, 2.24) is 5.32 Å². The Hall–Kier alpha value is -0.670. The summed E-state index contributed by atoms with van der Waals surface area (Å²) in [5, 5.41) is 37.3. The molecule has 0 spiro atoms. The molecule has 0 atom stereocenters. The maximum absolute atomic E-state index is 8.81. The third kappa shape index (κ3) is 3.15. The molecule has 70 valence electrons. The fraction of sp³-hybridized carbons (Fsp3) is 0.857. The molecule has 0 heterocycles. The first kappa shape index (κ1) is 11.3. The highest BCUT2D eigenvalue weighted by Crippen LogP contribution is 2.00. The van der Waals surface area contributed by atoms with Crippen molar-refractivity contribution in [1.29, 1.82) is 5.26 Å². The minimum absolute atomic E-state index is 0.280. The summed E-state index contributed by atoms with van der Waals surface area (Å²) in [7, 11) is 0. The van der Waals surface area contributed by atoms with Gasteiger partial charge in [0.1, 0.15) is 0 Å². The van der Waals surface area contributed by atoms with E-state index >= 15 is 0 Å². The Morgan fingerprint density at radius 1 is 1.17 bits per heavy atom. The molecule has 0 aromatic heterocycles. The van der Waals surface area contributed by atoms with Gasteiger partial charge in [-0.2, -0.15) is 5.26 Å². The lowest BCUT2D eigenvalue weighted by Crippen LogP contribution is -2.55. The number of aliphatic hydroxyl groups is 3. The van der Waals surface area contributed by atoms with Gasteiger partial charge in [0.25, 0.3) is 0 Å². The Kier molecular flexibility index (Phi) is 5.58. The molecule has 0 rings (SSSR count). The van der Waals surface area contributed by atoms with Crippen LogP contribution in [0.15, 0.2) is 0 Å². The molecule has 0 fully saturated rings. The third-order valence-electron chi connectivity index (χ3n) is 1.64. The molecule has 5 nitrogen and oxygen atoms in total. The molecule has 0 aromatic carbocycles. The summed E-state index contributed by atoms with van der Waals surface area (Å²) in [4.78, 5) is 0. The van der Waals surface area contributed by atoms with Gasteiger partial charge in [0.15, 0.2) is 0 Å². The monoisotopic (exact) mass is 174 g/mol. The van der Waals surface area contributed by atoms with E-state index in [9.17, 15) is 0 Å². The predicted octanol–water partition coefficient (Wildman–Crippen LogP) is -1.79. The lowest BCUT2D eigenvalue weighted by atomic mass is 10.0. The fourth-order valence-electron chi connectivity index (χ4n) is 0.701. The summed E-state index contributed by atoms with van der Waals surface area (Å²) in [6, 6.07) is 1.91. The van der Waals surface area contributed by atoms with Gasteiger partial charge in [-0.3, -0.25) is 0 Å². The molecular formula is C7H14N2O3. The van der Waals surface area contributed by atoms with Crippen LogP contribution in [0.1, 0.15) is 6.42 Å². The summed E-state index contributed by atoms with van der Waals surface area (Å²) in [6.07, 6.45) is 0.280. The highest BCUT2D eigenvalue weighted by atomic mass is 16.3. The van der Waals surface area contributed by atoms with Crippen LogP contribution in [0.2, 0.25) is 0 Å². The van der Waals surface area contributed by atoms with Gasteiger partial charge >= 0.3 is 0 Å². The van der Waals surface area contributed by atoms with E-state index in [0.717, 1.165) is 0 Å². The van der Waals surface area contributed by atoms with Crippen LogP contribution >= 0.6 is 0 Å². The lowest BCUT2D eigenvalue weighted by molar-refractivity contribution is 0.0433. The maximum atomic E-state index is 8.81. The van der Waals surface area contributed by atoms with Crippen molar-refractivity contribution in [3.63, 3.8) is 0 Å². The molecule has 0 saturated heterocycles. The molecule has 0 bridgehead atoms. The molecule has 0 aliphatic rings. The second-order valence-corrected chi connectivity index (χ2v) is 2.59. The van der Waals surface area contributed by atoms with Gasteiger partial charge in [-0.15, -0.1) is 0 Å². The van der Waals surface area contributed by atoms with Crippen LogP contribution in [-0.2, 0) is 0 Å². The minimum Gasteiger partial charge on any atom is -0.394 e. The van der Waals surface area contributed by atoms with Gasteiger partial charge < -0.3 is 20.6 Å². The Morgan fingerprint density at radius 2 is 1.67 bits per heavy atom. The molecule has 0 amide bonds. The minimum atomic E-state index is -1.06. The highest BCUT2D eigenvalue weighted by Gasteiger charge is 2.26. The van der Waals surface area contributed by atoms with Crippen LogP contribution < -0.4 is 5.32 Å². The Bertz CT molecular complexity index is 143. The van der Waals surface area contributed by atoms with Crippen molar-refractivity contribution in [2.75, 3.05) is 26.4 Å². The first-order valence-corrected chi connectivity index (χ1v) is 3.69. The van der Waals surface area contributed by atoms with Crippen molar-refractivity contribution in [2.45, 2.75) is 12.0 Å². The molecule has 0 aliphatic heterocycles. The second kappa shape index (κ2) is 5.91. The molecule has 0 unspecified atom stereocenters. The Morgan fingerprint density at radius 3 is 2.00 bits per heavy atom. The number of nitrogens with one attached hydrogen (secondary N) is 1. The van der Waals surface area contributed by atoms with Gasteiger partial charge in [-0.1, -0.05) is 0 Å². The highest BCUT2D eigenvalue weighted by molar-refractivity contribution is 4.87. The molecular weight excluding hydrogens is 160 g/mol. The molecule has 5 heteroatoms.